The molecule has 4 nitrogen and oxygen atoms in total. The van der Waals surface area contributed by atoms with Crippen LogP contribution in [0.4, 0.5) is 0 Å². The van der Waals surface area contributed by atoms with Gasteiger partial charge in [0, 0.05) is 5.41 Å². The van der Waals surface area contributed by atoms with Crippen molar-refractivity contribution in [3.05, 3.63) is 83.9 Å². The van der Waals surface area contributed by atoms with Crippen LogP contribution in [0.1, 0.15) is 25.0 Å². The molecule has 0 amide bonds. The highest BCUT2D eigenvalue weighted by atomic mass is 16.5. The Labute approximate surface area is 195 Å². The van der Waals surface area contributed by atoms with Gasteiger partial charge in [-0.05, 0) is 59.7 Å². The summed E-state index contributed by atoms with van der Waals surface area (Å²) in [6.45, 7) is 5.61. The molecule has 4 aliphatic rings. The molecule has 0 atom stereocenters. The fourth-order valence-corrected chi connectivity index (χ4v) is 3.42. The summed E-state index contributed by atoms with van der Waals surface area (Å²) < 4.78 is 22.8. The van der Waals surface area contributed by atoms with Crippen molar-refractivity contribution in [3.63, 3.8) is 0 Å². The summed E-state index contributed by atoms with van der Waals surface area (Å²) in [6, 6.07) is 23.7. The van der Waals surface area contributed by atoms with Gasteiger partial charge in [0.05, 0.1) is 0 Å². The van der Waals surface area contributed by atoms with Gasteiger partial charge in [-0.1, -0.05) is 61.8 Å². The average Bonchev–Trinajstić information content (AvgIpc) is 2.84. The molecule has 0 aromatic heterocycles. The normalized spacial score (nSPS) is 15.1. The van der Waals surface area contributed by atoms with Gasteiger partial charge in [-0.3, -0.25) is 0 Å². The van der Waals surface area contributed by atoms with Gasteiger partial charge in [0.15, 0.2) is 0 Å². The number of hydrogen-bond donors (Lipinski definition) is 0. The molecule has 4 heterocycles. The van der Waals surface area contributed by atoms with Crippen molar-refractivity contribution in [2.75, 3.05) is 26.4 Å². The summed E-state index contributed by atoms with van der Waals surface area (Å²) in [5.41, 5.74) is 2.24. The zero-order valence-electron chi connectivity index (χ0n) is 18.9. The number of hydrogen-bond acceptors (Lipinski definition) is 4. The molecule has 0 saturated heterocycles. The molecule has 0 radical (unpaired) electrons. The van der Waals surface area contributed by atoms with Gasteiger partial charge >= 0.3 is 0 Å². The Kier molecular flexibility index (Phi) is 7.08. The lowest BCUT2D eigenvalue weighted by Gasteiger charge is -2.26. The van der Waals surface area contributed by atoms with Crippen LogP contribution in [-0.4, -0.2) is 26.4 Å². The largest absolute Gasteiger partial charge is 0.481 e. The molecule has 7 rings (SSSR count). The summed E-state index contributed by atoms with van der Waals surface area (Å²) in [4.78, 5) is 0. The first kappa shape index (κ1) is 22.2. The van der Waals surface area contributed by atoms with Crippen LogP contribution in [0.3, 0.4) is 0 Å². The van der Waals surface area contributed by atoms with Crippen molar-refractivity contribution < 1.29 is 18.9 Å². The molecule has 0 N–H and O–H groups in total. The molecular weight excluding hydrogens is 412 g/mol. The van der Waals surface area contributed by atoms with E-state index in [1.54, 1.807) is 0 Å². The first-order valence-corrected chi connectivity index (χ1v) is 10.8. The molecule has 0 fully saturated rings. The molecule has 166 valence electrons. The minimum absolute atomic E-state index is 0.158. The third-order valence-corrected chi connectivity index (χ3v) is 5.47. The minimum Gasteiger partial charge on any atom is -0.481 e. The predicted octanol–water partition coefficient (Wildman–Crippen LogP) is 5.25. The van der Waals surface area contributed by atoms with Gasteiger partial charge in [-0.2, -0.15) is 0 Å². The second kappa shape index (κ2) is 10.5. The summed E-state index contributed by atoms with van der Waals surface area (Å²) in [5, 5.41) is 0. The van der Waals surface area contributed by atoms with E-state index in [1.165, 1.54) is 11.1 Å². The maximum atomic E-state index is 5.75. The number of ether oxygens (including phenoxy) is 4. The molecule has 4 heteroatoms. The fourth-order valence-electron chi connectivity index (χ4n) is 3.42. The number of rotatable bonds is 0. The Morgan fingerprint density at radius 3 is 0.970 bits per heavy atom. The molecular formula is C29H26O4. The van der Waals surface area contributed by atoms with Crippen LogP contribution >= 0.6 is 0 Å². The topological polar surface area (TPSA) is 36.9 Å². The smallest absolute Gasteiger partial charge is 0.149 e. The average molecular weight is 439 g/mol. The van der Waals surface area contributed by atoms with Gasteiger partial charge in [-0.15, -0.1) is 0 Å². The van der Waals surface area contributed by atoms with Crippen molar-refractivity contribution in [2.24, 2.45) is 0 Å². The molecule has 3 aromatic carbocycles. The molecule has 4 aliphatic heterocycles. The van der Waals surface area contributed by atoms with Crippen LogP contribution in [0.5, 0.6) is 23.0 Å². The fraction of sp³-hybridized carbons (Fsp3) is 0.241. The highest BCUT2D eigenvalue weighted by Crippen LogP contribution is 2.33. The first-order chi connectivity index (χ1) is 16.1. The van der Waals surface area contributed by atoms with Gasteiger partial charge in [0.2, 0.25) is 0 Å². The van der Waals surface area contributed by atoms with E-state index in [-0.39, 0.29) is 5.41 Å². The van der Waals surface area contributed by atoms with Gasteiger partial charge in [0.25, 0.3) is 0 Å². The summed E-state index contributed by atoms with van der Waals surface area (Å²) in [5.74, 6) is 14.9. The zero-order chi connectivity index (χ0) is 22.9. The lowest BCUT2D eigenvalue weighted by atomic mass is 9.78. The third-order valence-electron chi connectivity index (χ3n) is 5.47. The molecule has 0 saturated carbocycles. The van der Waals surface area contributed by atoms with Crippen molar-refractivity contribution in [1.29, 1.82) is 0 Å². The monoisotopic (exact) mass is 438 g/mol. The molecule has 0 unspecified atom stereocenters. The maximum absolute atomic E-state index is 5.75. The second-order valence-corrected chi connectivity index (χ2v) is 8.01. The summed E-state index contributed by atoms with van der Waals surface area (Å²) in [7, 11) is 0. The van der Waals surface area contributed by atoms with Crippen LogP contribution in [0.15, 0.2) is 72.8 Å². The van der Waals surface area contributed by atoms with Crippen LogP contribution in [0.2, 0.25) is 0 Å². The third kappa shape index (κ3) is 6.03. The minimum atomic E-state index is -0.158. The van der Waals surface area contributed by atoms with Crippen molar-refractivity contribution in [1.82, 2.24) is 0 Å². The van der Waals surface area contributed by atoms with Crippen LogP contribution < -0.4 is 18.9 Å². The molecule has 3 aromatic rings. The van der Waals surface area contributed by atoms with E-state index in [2.05, 4.69) is 61.8 Å². The summed E-state index contributed by atoms with van der Waals surface area (Å²) in [6.07, 6.45) is 0. The number of benzene rings is 3. The highest BCUT2D eigenvalue weighted by molar-refractivity contribution is 5.42. The molecule has 0 spiro atoms. The van der Waals surface area contributed by atoms with Crippen molar-refractivity contribution in [2.45, 2.75) is 19.3 Å². The second-order valence-electron chi connectivity index (χ2n) is 8.01. The Balaban J connectivity index is 1.51. The van der Waals surface area contributed by atoms with E-state index in [4.69, 9.17) is 18.9 Å². The lowest BCUT2D eigenvalue weighted by Crippen LogP contribution is -2.18. The van der Waals surface area contributed by atoms with E-state index in [9.17, 15) is 0 Å². The lowest BCUT2D eigenvalue weighted by molar-refractivity contribution is 0.355. The standard InChI is InChI=1S/C29H26O4/c1-29(2)23-7-11-25(12-8-23)30-19-3-5-21-32-27-15-17-28(18-16-27)33-22-6-4-20-31-26-13-9-24(29)10-14-26/h7-18H,19-22H2,1-2H3. The van der Waals surface area contributed by atoms with Crippen molar-refractivity contribution >= 4 is 0 Å². The number of fused-ring (bicyclic) bond motifs is 3. The van der Waals surface area contributed by atoms with Crippen molar-refractivity contribution in [3.8, 4) is 46.7 Å². The van der Waals surface area contributed by atoms with Gasteiger partial charge in [0.1, 0.15) is 49.4 Å². The Morgan fingerprint density at radius 1 is 0.455 bits per heavy atom. The summed E-state index contributed by atoms with van der Waals surface area (Å²) >= 11 is 0. The molecule has 6 bridgehead atoms. The SMILES string of the molecule is CC1(C)c2ccc(cc2)OCC#CCOc2ccc(cc2)OCC#CCOc2ccc1cc2. The van der Waals surface area contributed by atoms with Crippen LogP contribution in [0, 0.1) is 23.7 Å². The Bertz CT molecular complexity index is 1070. The molecule has 0 aliphatic carbocycles. The van der Waals surface area contributed by atoms with Gasteiger partial charge < -0.3 is 18.9 Å². The first-order valence-electron chi connectivity index (χ1n) is 10.8. The molecule has 33 heavy (non-hydrogen) atoms. The van der Waals surface area contributed by atoms with E-state index >= 15 is 0 Å². The van der Waals surface area contributed by atoms with E-state index < -0.39 is 0 Å². The van der Waals surface area contributed by atoms with E-state index in [1.807, 2.05) is 48.5 Å². The zero-order valence-corrected chi connectivity index (χ0v) is 18.9. The van der Waals surface area contributed by atoms with Gasteiger partial charge in [-0.25, -0.2) is 0 Å². The highest BCUT2D eigenvalue weighted by Gasteiger charge is 2.23. The maximum Gasteiger partial charge on any atom is 0.149 e. The van der Waals surface area contributed by atoms with E-state index in [0.717, 1.165) is 23.0 Å². The Hall–Kier alpha value is -4.02. The Morgan fingerprint density at radius 2 is 0.697 bits per heavy atom. The van der Waals surface area contributed by atoms with Crippen LogP contribution in [0.25, 0.3) is 0 Å². The van der Waals surface area contributed by atoms with Crippen LogP contribution in [-0.2, 0) is 5.41 Å². The predicted molar refractivity (Wildman–Crippen MR) is 129 cm³/mol. The van der Waals surface area contributed by atoms with E-state index in [0.29, 0.717) is 26.4 Å². The quantitative estimate of drug-likeness (QED) is 0.450.